The quantitative estimate of drug-likeness (QED) is 0.509. The molecule has 1 aliphatic rings. The zero-order chi connectivity index (χ0) is 5.33. The van der Waals surface area contributed by atoms with Crippen LogP contribution in [0.15, 0.2) is 0 Å². The Labute approximate surface area is 46.0 Å². The van der Waals surface area contributed by atoms with Crippen LogP contribution in [0.2, 0.25) is 10.6 Å². The van der Waals surface area contributed by atoms with Crippen LogP contribution < -0.4 is 0 Å². The van der Waals surface area contributed by atoms with Gasteiger partial charge in [-0.2, -0.15) is 0 Å². The Morgan fingerprint density at radius 2 is 1.43 bits per heavy atom. The zero-order valence-corrected chi connectivity index (χ0v) is 5.84. The van der Waals surface area contributed by atoms with Gasteiger partial charge in [-0.1, -0.05) is 0 Å². The summed E-state index contributed by atoms with van der Waals surface area (Å²) >= 11 is -2.69. The third-order valence-corrected chi connectivity index (χ3v) is 5.15. The Morgan fingerprint density at radius 1 is 1.00 bits per heavy atom. The van der Waals surface area contributed by atoms with Crippen molar-refractivity contribution in [2.45, 2.75) is 23.5 Å². The van der Waals surface area contributed by atoms with Crippen LogP contribution in [-0.2, 0) is 0 Å². The van der Waals surface area contributed by atoms with Crippen LogP contribution in [0.5, 0.6) is 0 Å². The number of hydrogen-bond acceptors (Lipinski definition) is 2. The molecule has 1 saturated heterocycles. The molecule has 44 valence electrons. The summed E-state index contributed by atoms with van der Waals surface area (Å²) in [6.45, 7) is 0. The summed E-state index contributed by atoms with van der Waals surface area (Å²) in [5.74, 6) is 0. The van der Waals surface area contributed by atoms with E-state index in [2.05, 4.69) is 0 Å². The van der Waals surface area contributed by atoms with Crippen LogP contribution >= 0.6 is 0 Å². The molecule has 0 amide bonds. The minimum absolute atomic E-state index is 0.719. The van der Waals surface area contributed by atoms with Crippen molar-refractivity contribution in [2.24, 2.45) is 0 Å². The standard InChI is InChI=1S/C4H10O2Se/c5-7(6)3-1-2-4-7/h5-6H,1-4H2. The molecule has 3 heteroatoms. The molecule has 0 spiro atoms. The van der Waals surface area contributed by atoms with Crippen LogP contribution in [-0.4, -0.2) is 21.9 Å². The molecule has 0 radical (unpaired) electrons. The van der Waals surface area contributed by atoms with Gasteiger partial charge < -0.3 is 0 Å². The first-order chi connectivity index (χ1) is 3.21. The topological polar surface area (TPSA) is 40.5 Å². The Balaban J connectivity index is 2.40. The molecule has 0 atom stereocenters. The molecule has 0 saturated carbocycles. The summed E-state index contributed by atoms with van der Waals surface area (Å²) in [6, 6.07) is 0. The number of rotatable bonds is 0. The summed E-state index contributed by atoms with van der Waals surface area (Å²) in [7, 11) is 0. The first-order valence-corrected chi connectivity index (χ1v) is 6.40. The van der Waals surface area contributed by atoms with Gasteiger partial charge in [0.15, 0.2) is 0 Å². The van der Waals surface area contributed by atoms with Crippen molar-refractivity contribution in [2.75, 3.05) is 0 Å². The summed E-state index contributed by atoms with van der Waals surface area (Å²) in [5, 5.41) is 1.44. The van der Waals surface area contributed by atoms with Crippen molar-refractivity contribution < 1.29 is 8.38 Å². The van der Waals surface area contributed by atoms with Crippen molar-refractivity contribution in [3.05, 3.63) is 0 Å². The summed E-state index contributed by atoms with van der Waals surface area (Å²) in [4.78, 5) is 0. The fraction of sp³-hybridized carbons (Fsp3) is 1.00. The Kier molecular flexibility index (Phi) is 1.39. The second-order valence-corrected chi connectivity index (χ2v) is 7.00. The van der Waals surface area contributed by atoms with E-state index >= 15 is 0 Å². The maximum absolute atomic E-state index is 8.91. The van der Waals surface area contributed by atoms with Crippen molar-refractivity contribution in [3.8, 4) is 0 Å². The van der Waals surface area contributed by atoms with Gasteiger partial charge in [0.05, 0.1) is 0 Å². The molecular weight excluding hydrogens is 159 g/mol. The molecule has 0 aromatic heterocycles. The predicted molar refractivity (Wildman–Crippen MR) is 29.0 cm³/mol. The van der Waals surface area contributed by atoms with Gasteiger partial charge in [-0.15, -0.1) is 0 Å². The fourth-order valence-corrected chi connectivity index (χ4v) is 3.99. The van der Waals surface area contributed by atoms with E-state index in [-0.39, 0.29) is 0 Å². The Hall–Kier alpha value is 0.439. The first kappa shape index (κ1) is 5.57. The van der Waals surface area contributed by atoms with E-state index < -0.39 is 13.5 Å². The monoisotopic (exact) mass is 170 g/mol. The van der Waals surface area contributed by atoms with Crippen molar-refractivity contribution in [3.63, 3.8) is 0 Å². The van der Waals surface area contributed by atoms with Gasteiger partial charge >= 0.3 is 45.4 Å². The SMILES string of the molecule is O[Se]1(O)CCCC1. The van der Waals surface area contributed by atoms with Gasteiger partial charge in [0.1, 0.15) is 0 Å². The van der Waals surface area contributed by atoms with E-state index in [0.717, 1.165) is 23.5 Å². The molecule has 1 heterocycles. The van der Waals surface area contributed by atoms with Crippen LogP contribution in [0.4, 0.5) is 0 Å². The predicted octanol–water partition coefficient (Wildman–Crippen LogP) is 0.207. The average molecular weight is 169 g/mol. The van der Waals surface area contributed by atoms with Crippen LogP contribution in [0.25, 0.3) is 0 Å². The van der Waals surface area contributed by atoms with Crippen molar-refractivity contribution in [1.29, 1.82) is 0 Å². The van der Waals surface area contributed by atoms with Gasteiger partial charge in [0, 0.05) is 0 Å². The first-order valence-electron chi connectivity index (χ1n) is 2.44. The molecule has 1 rings (SSSR count). The zero-order valence-electron chi connectivity index (χ0n) is 4.13. The summed E-state index contributed by atoms with van der Waals surface area (Å²) in [5.41, 5.74) is 0. The van der Waals surface area contributed by atoms with E-state index in [1.54, 1.807) is 0 Å². The van der Waals surface area contributed by atoms with Gasteiger partial charge in [0.2, 0.25) is 0 Å². The van der Waals surface area contributed by atoms with Crippen molar-refractivity contribution >= 4 is 13.5 Å². The second-order valence-electron chi connectivity index (χ2n) is 1.92. The Morgan fingerprint density at radius 3 is 1.57 bits per heavy atom. The molecule has 2 N–H and O–H groups in total. The van der Waals surface area contributed by atoms with Gasteiger partial charge in [-0.3, -0.25) is 0 Å². The van der Waals surface area contributed by atoms with E-state index in [1.165, 1.54) is 0 Å². The number of hydrogen-bond donors (Lipinski definition) is 2. The molecule has 0 bridgehead atoms. The van der Waals surface area contributed by atoms with E-state index in [4.69, 9.17) is 8.38 Å². The minimum atomic E-state index is -2.69. The summed E-state index contributed by atoms with van der Waals surface area (Å²) < 4.78 is 17.8. The molecular formula is C4H10O2Se. The molecule has 1 fully saturated rings. The summed E-state index contributed by atoms with van der Waals surface area (Å²) in [6.07, 6.45) is 2.07. The average Bonchev–Trinajstić information content (AvgIpc) is 1.84. The molecule has 0 aromatic carbocycles. The molecule has 7 heavy (non-hydrogen) atoms. The molecule has 0 unspecified atom stereocenters. The molecule has 0 aliphatic carbocycles. The normalized spacial score (nSPS) is 32.9. The fourth-order valence-electron chi connectivity index (χ4n) is 0.769. The van der Waals surface area contributed by atoms with Gasteiger partial charge in [-0.25, -0.2) is 0 Å². The van der Waals surface area contributed by atoms with Gasteiger partial charge in [-0.05, 0) is 0 Å². The van der Waals surface area contributed by atoms with Crippen LogP contribution in [0.1, 0.15) is 12.8 Å². The molecule has 2 nitrogen and oxygen atoms in total. The van der Waals surface area contributed by atoms with E-state index in [1.807, 2.05) is 0 Å². The third kappa shape index (κ3) is 1.42. The molecule has 1 aliphatic heterocycles. The Bertz CT molecular complexity index is 64.1. The van der Waals surface area contributed by atoms with E-state index in [0.29, 0.717) is 0 Å². The van der Waals surface area contributed by atoms with E-state index in [9.17, 15) is 0 Å². The second kappa shape index (κ2) is 1.75. The van der Waals surface area contributed by atoms with Gasteiger partial charge in [0.25, 0.3) is 0 Å². The van der Waals surface area contributed by atoms with Crippen LogP contribution in [0, 0.1) is 0 Å². The van der Waals surface area contributed by atoms with Crippen LogP contribution in [0.3, 0.4) is 0 Å². The van der Waals surface area contributed by atoms with Crippen molar-refractivity contribution in [1.82, 2.24) is 0 Å². The maximum atomic E-state index is 8.91. The molecule has 0 aromatic rings. The third-order valence-electron chi connectivity index (χ3n) is 1.19.